The number of nitrogens with one attached hydrogen (secondary N) is 1. The highest BCUT2D eigenvalue weighted by molar-refractivity contribution is 5.10. The molecule has 1 unspecified atom stereocenters. The minimum absolute atomic E-state index is 0.147. The van der Waals surface area contributed by atoms with Gasteiger partial charge in [0.1, 0.15) is 5.82 Å². The topological polar surface area (TPSA) is 34.1 Å². The van der Waals surface area contributed by atoms with Crippen molar-refractivity contribution in [1.29, 1.82) is 0 Å². The third kappa shape index (κ3) is 5.66. The lowest BCUT2D eigenvalue weighted by atomic mass is 9.97. The molecule has 1 rings (SSSR count). The number of pyridine rings is 1. The van der Waals surface area contributed by atoms with Gasteiger partial charge in [-0.05, 0) is 51.8 Å². The fraction of sp³-hybridized carbons (Fsp3) is 0.667. The van der Waals surface area contributed by atoms with E-state index in [9.17, 15) is 4.39 Å². The van der Waals surface area contributed by atoms with E-state index in [4.69, 9.17) is 4.74 Å². The van der Waals surface area contributed by atoms with Gasteiger partial charge in [0.25, 0.3) is 0 Å². The molecule has 0 saturated heterocycles. The molecule has 4 heteroatoms. The SMILES string of the molecule is CCCNC(CCC(C)(C)OC)c1ccc(F)cn1. The van der Waals surface area contributed by atoms with Crippen molar-refractivity contribution in [2.75, 3.05) is 13.7 Å². The number of hydrogen-bond donors (Lipinski definition) is 1. The van der Waals surface area contributed by atoms with Gasteiger partial charge in [-0.15, -0.1) is 0 Å². The van der Waals surface area contributed by atoms with Crippen molar-refractivity contribution >= 4 is 0 Å². The number of rotatable bonds is 8. The standard InChI is InChI=1S/C15H25FN2O/c1-5-10-17-14(8-9-15(2,3)19-4)13-7-6-12(16)11-18-13/h6-7,11,14,17H,5,8-10H2,1-4H3. The number of aromatic nitrogens is 1. The lowest BCUT2D eigenvalue weighted by molar-refractivity contribution is 0.0116. The zero-order valence-corrected chi connectivity index (χ0v) is 12.4. The molecule has 0 radical (unpaired) electrons. The van der Waals surface area contributed by atoms with Crippen molar-refractivity contribution in [3.8, 4) is 0 Å². The van der Waals surface area contributed by atoms with E-state index in [0.717, 1.165) is 31.5 Å². The highest BCUT2D eigenvalue weighted by atomic mass is 19.1. The molecule has 0 aromatic carbocycles. The van der Waals surface area contributed by atoms with Crippen LogP contribution in [0.15, 0.2) is 18.3 Å². The molecule has 0 bridgehead atoms. The first-order chi connectivity index (χ1) is 8.98. The van der Waals surface area contributed by atoms with E-state index in [1.54, 1.807) is 13.2 Å². The molecule has 108 valence electrons. The maximum absolute atomic E-state index is 12.9. The van der Waals surface area contributed by atoms with Crippen molar-refractivity contribution in [3.63, 3.8) is 0 Å². The first-order valence-electron chi connectivity index (χ1n) is 6.88. The zero-order chi connectivity index (χ0) is 14.3. The summed E-state index contributed by atoms with van der Waals surface area (Å²) >= 11 is 0. The minimum atomic E-state index is -0.296. The number of methoxy groups -OCH3 is 1. The number of halogens is 1. The molecule has 0 spiro atoms. The highest BCUT2D eigenvalue weighted by Gasteiger charge is 2.20. The fourth-order valence-corrected chi connectivity index (χ4v) is 1.86. The summed E-state index contributed by atoms with van der Waals surface area (Å²) in [6.07, 6.45) is 4.17. The van der Waals surface area contributed by atoms with Crippen LogP contribution in [-0.4, -0.2) is 24.2 Å². The summed E-state index contributed by atoms with van der Waals surface area (Å²) in [5.74, 6) is -0.296. The van der Waals surface area contributed by atoms with Crippen LogP contribution in [0.5, 0.6) is 0 Å². The predicted molar refractivity (Wildman–Crippen MR) is 75.6 cm³/mol. The molecule has 0 aliphatic carbocycles. The van der Waals surface area contributed by atoms with Crippen molar-refractivity contribution in [3.05, 3.63) is 29.8 Å². The van der Waals surface area contributed by atoms with E-state index in [1.165, 1.54) is 12.3 Å². The second-order valence-electron chi connectivity index (χ2n) is 5.41. The average molecular weight is 268 g/mol. The first-order valence-corrected chi connectivity index (χ1v) is 6.88. The van der Waals surface area contributed by atoms with Crippen LogP contribution in [0, 0.1) is 5.82 Å². The molecule has 19 heavy (non-hydrogen) atoms. The van der Waals surface area contributed by atoms with Gasteiger partial charge in [0.15, 0.2) is 0 Å². The highest BCUT2D eigenvalue weighted by Crippen LogP contribution is 2.23. The van der Waals surface area contributed by atoms with Gasteiger partial charge in [0.05, 0.1) is 17.5 Å². The van der Waals surface area contributed by atoms with Crippen molar-refractivity contribution in [2.45, 2.75) is 51.7 Å². The van der Waals surface area contributed by atoms with Gasteiger partial charge in [0, 0.05) is 13.2 Å². The van der Waals surface area contributed by atoms with Crippen LogP contribution in [0.25, 0.3) is 0 Å². The summed E-state index contributed by atoms with van der Waals surface area (Å²) in [5, 5.41) is 3.46. The predicted octanol–water partition coefficient (Wildman–Crippen LogP) is 3.47. The van der Waals surface area contributed by atoms with E-state index in [-0.39, 0.29) is 17.5 Å². The molecule has 0 aliphatic rings. The molecule has 3 nitrogen and oxygen atoms in total. The van der Waals surface area contributed by atoms with Gasteiger partial charge in [-0.25, -0.2) is 4.39 Å². The number of ether oxygens (including phenoxy) is 1. The zero-order valence-electron chi connectivity index (χ0n) is 12.4. The van der Waals surface area contributed by atoms with Crippen molar-refractivity contribution in [1.82, 2.24) is 10.3 Å². The third-order valence-electron chi connectivity index (χ3n) is 3.34. The van der Waals surface area contributed by atoms with Crippen molar-refractivity contribution in [2.24, 2.45) is 0 Å². The molecule has 1 atom stereocenters. The lowest BCUT2D eigenvalue weighted by Crippen LogP contribution is -2.28. The number of nitrogens with zero attached hydrogens (tertiary/aromatic N) is 1. The molecule has 1 N–H and O–H groups in total. The van der Waals surface area contributed by atoms with Crippen LogP contribution in [0.2, 0.25) is 0 Å². The maximum Gasteiger partial charge on any atom is 0.141 e. The van der Waals surface area contributed by atoms with E-state index < -0.39 is 0 Å². The quantitative estimate of drug-likeness (QED) is 0.784. The normalized spacial score (nSPS) is 13.5. The molecule has 0 saturated carbocycles. The van der Waals surface area contributed by atoms with Gasteiger partial charge in [0.2, 0.25) is 0 Å². The summed E-state index contributed by atoms with van der Waals surface area (Å²) in [4.78, 5) is 4.18. The molecule has 0 amide bonds. The molecular formula is C15H25FN2O. The average Bonchev–Trinajstić information content (AvgIpc) is 2.40. The molecule has 1 heterocycles. The fourth-order valence-electron chi connectivity index (χ4n) is 1.86. The Morgan fingerprint density at radius 1 is 1.42 bits per heavy atom. The van der Waals surface area contributed by atoms with E-state index >= 15 is 0 Å². The van der Waals surface area contributed by atoms with Crippen LogP contribution in [0.4, 0.5) is 4.39 Å². The Labute approximate surface area is 115 Å². The van der Waals surface area contributed by atoms with Gasteiger partial charge in [-0.2, -0.15) is 0 Å². The maximum atomic E-state index is 12.9. The number of hydrogen-bond acceptors (Lipinski definition) is 3. The minimum Gasteiger partial charge on any atom is -0.379 e. The Morgan fingerprint density at radius 2 is 2.16 bits per heavy atom. The van der Waals surface area contributed by atoms with Gasteiger partial charge < -0.3 is 10.1 Å². The van der Waals surface area contributed by atoms with E-state index in [1.807, 2.05) is 0 Å². The monoisotopic (exact) mass is 268 g/mol. The summed E-state index contributed by atoms with van der Waals surface area (Å²) in [6.45, 7) is 7.20. The van der Waals surface area contributed by atoms with Crippen LogP contribution >= 0.6 is 0 Å². The van der Waals surface area contributed by atoms with Gasteiger partial charge >= 0.3 is 0 Å². The molecular weight excluding hydrogens is 243 g/mol. The Kier molecular flexibility index (Phi) is 6.38. The summed E-state index contributed by atoms with van der Waals surface area (Å²) < 4.78 is 18.4. The van der Waals surface area contributed by atoms with Gasteiger partial charge in [-0.1, -0.05) is 6.92 Å². The summed E-state index contributed by atoms with van der Waals surface area (Å²) in [7, 11) is 1.73. The molecule has 1 aromatic rings. The summed E-state index contributed by atoms with van der Waals surface area (Å²) in [6, 6.07) is 3.36. The smallest absolute Gasteiger partial charge is 0.141 e. The largest absolute Gasteiger partial charge is 0.379 e. The molecule has 1 aromatic heterocycles. The first kappa shape index (κ1) is 16.1. The van der Waals surface area contributed by atoms with E-state index in [0.29, 0.717) is 0 Å². The summed E-state index contributed by atoms with van der Waals surface area (Å²) in [5.41, 5.74) is 0.744. The Morgan fingerprint density at radius 3 is 2.68 bits per heavy atom. The Bertz CT molecular complexity index is 365. The second-order valence-corrected chi connectivity index (χ2v) is 5.41. The van der Waals surface area contributed by atoms with Crippen LogP contribution < -0.4 is 5.32 Å². The molecule has 0 fully saturated rings. The van der Waals surface area contributed by atoms with Crippen molar-refractivity contribution < 1.29 is 9.13 Å². The third-order valence-corrected chi connectivity index (χ3v) is 3.34. The Hall–Kier alpha value is -1.00. The Balaban J connectivity index is 2.68. The van der Waals surface area contributed by atoms with Crippen LogP contribution in [0.1, 0.15) is 51.8 Å². The van der Waals surface area contributed by atoms with E-state index in [2.05, 4.69) is 31.1 Å². The lowest BCUT2D eigenvalue weighted by Gasteiger charge is -2.26. The van der Waals surface area contributed by atoms with Gasteiger partial charge in [-0.3, -0.25) is 4.98 Å². The van der Waals surface area contributed by atoms with Crippen LogP contribution in [-0.2, 0) is 4.74 Å². The van der Waals surface area contributed by atoms with Crippen LogP contribution in [0.3, 0.4) is 0 Å². The second kappa shape index (κ2) is 7.56. The molecule has 0 aliphatic heterocycles.